The van der Waals surface area contributed by atoms with Gasteiger partial charge in [0.25, 0.3) is 0 Å². The Bertz CT molecular complexity index is 1180. The molecule has 0 saturated carbocycles. The van der Waals surface area contributed by atoms with Gasteiger partial charge in [0.2, 0.25) is 5.78 Å². The van der Waals surface area contributed by atoms with Gasteiger partial charge in [-0.2, -0.15) is 5.10 Å². The summed E-state index contributed by atoms with van der Waals surface area (Å²) in [4.78, 5) is 19.3. The van der Waals surface area contributed by atoms with Crippen LogP contribution in [0, 0.1) is 5.82 Å². The fourth-order valence-electron chi connectivity index (χ4n) is 3.04. The Morgan fingerprint density at radius 3 is 2.71 bits per heavy atom. The summed E-state index contributed by atoms with van der Waals surface area (Å²) in [5.74, 6) is -1.05. The summed E-state index contributed by atoms with van der Waals surface area (Å²) in [6, 6.07) is 11.3. The smallest absolute Gasteiger partial charge is 0.226 e. The van der Waals surface area contributed by atoms with Gasteiger partial charge in [0.15, 0.2) is 5.82 Å². The van der Waals surface area contributed by atoms with Gasteiger partial charge in [0.1, 0.15) is 17.9 Å². The first-order valence-electron chi connectivity index (χ1n) is 8.36. The van der Waals surface area contributed by atoms with Crippen molar-refractivity contribution >= 4 is 34.0 Å². The number of nitrogens with zero attached hydrogens (tertiary/aromatic N) is 2. The maximum absolute atomic E-state index is 13.2. The largest absolute Gasteiger partial charge is 0.507 e. The Kier molecular flexibility index (Phi) is 4.67. The van der Waals surface area contributed by atoms with Gasteiger partial charge in [0.05, 0.1) is 0 Å². The summed E-state index contributed by atoms with van der Waals surface area (Å²) in [6.45, 7) is 0. The Labute approximate surface area is 163 Å². The zero-order chi connectivity index (χ0) is 19.7. The van der Waals surface area contributed by atoms with Crippen LogP contribution in [0.3, 0.4) is 0 Å². The zero-order valence-corrected chi connectivity index (χ0v) is 15.2. The lowest BCUT2D eigenvalue weighted by Gasteiger charge is -2.05. The van der Waals surface area contributed by atoms with Crippen LogP contribution in [0.15, 0.2) is 54.9 Å². The molecule has 4 aromatic rings. The number of carbonyl (C=O) groups excluding carboxylic acids is 1. The molecular formula is C20H14ClFN4O2. The van der Waals surface area contributed by atoms with Gasteiger partial charge in [-0.1, -0.05) is 23.7 Å². The fraction of sp³-hybridized carbons (Fsp3) is 0.0500. The highest BCUT2D eigenvalue weighted by Crippen LogP contribution is 2.31. The quantitative estimate of drug-likeness (QED) is 0.264. The number of aliphatic hydroxyl groups is 1. The topological polar surface area (TPSA) is 94.7 Å². The van der Waals surface area contributed by atoms with E-state index in [-0.39, 0.29) is 17.4 Å². The van der Waals surface area contributed by atoms with Crippen LogP contribution in [0.5, 0.6) is 0 Å². The van der Waals surface area contributed by atoms with Gasteiger partial charge in [0, 0.05) is 39.7 Å². The molecule has 0 unspecified atom stereocenters. The minimum absolute atomic E-state index is 0.0181. The second-order valence-corrected chi connectivity index (χ2v) is 6.64. The highest BCUT2D eigenvalue weighted by molar-refractivity contribution is 6.31. The molecule has 140 valence electrons. The summed E-state index contributed by atoms with van der Waals surface area (Å²) in [5, 5.41) is 18.0. The van der Waals surface area contributed by atoms with Crippen molar-refractivity contribution < 1.29 is 14.3 Å². The lowest BCUT2D eigenvalue weighted by molar-refractivity contribution is 0.103. The third-order valence-electron chi connectivity index (χ3n) is 4.30. The number of nitrogens with one attached hydrogen (secondary N) is 2. The van der Waals surface area contributed by atoms with Crippen LogP contribution in [0.4, 0.5) is 4.39 Å². The first-order chi connectivity index (χ1) is 13.5. The average Bonchev–Trinajstić information content (AvgIpc) is 3.31. The van der Waals surface area contributed by atoms with Crippen LogP contribution in [0.1, 0.15) is 27.4 Å². The minimum Gasteiger partial charge on any atom is -0.507 e. The number of benzene rings is 2. The van der Waals surface area contributed by atoms with Crippen LogP contribution in [-0.4, -0.2) is 31.1 Å². The van der Waals surface area contributed by atoms with Crippen LogP contribution >= 0.6 is 11.6 Å². The van der Waals surface area contributed by atoms with Crippen molar-refractivity contribution in [3.05, 3.63) is 88.4 Å². The molecule has 0 aliphatic rings. The molecule has 0 fully saturated rings. The van der Waals surface area contributed by atoms with Crippen molar-refractivity contribution in [3.63, 3.8) is 0 Å². The molecule has 28 heavy (non-hydrogen) atoms. The van der Waals surface area contributed by atoms with Gasteiger partial charge in [-0.15, -0.1) is 0 Å². The Balaban J connectivity index is 1.81. The number of H-pyrrole nitrogens is 2. The number of ketones is 1. The lowest BCUT2D eigenvalue weighted by Crippen LogP contribution is -2.01. The summed E-state index contributed by atoms with van der Waals surface area (Å²) in [5.41, 5.74) is 2.72. The molecule has 2 aromatic carbocycles. The van der Waals surface area contributed by atoms with Crippen molar-refractivity contribution in [3.8, 4) is 0 Å². The maximum atomic E-state index is 13.2. The second kappa shape index (κ2) is 7.28. The highest BCUT2D eigenvalue weighted by Gasteiger charge is 2.18. The molecule has 2 aromatic heterocycles. The van der Waals surface area contributed by atoms with Gasteiger partial charge in [-0.05, 0) is 35.9 Å². The van der Waals surface area contributed by atoms with Crippen molar-refractivity contribution in [1.29, 1.82) is 0 Å². The molecular weight excluding hydrogens is 383 g/mol. The highest BCUT2D eigenvalue weighted by atomic mass is 35.5. The average molecular weight is 397 g/mol. The number of aliphatic hydroxyl groups excluding tert-OH is 1. The first kappa shape index (κ1) is 17.9. The third kappa shape index (κ3) is 3.52. The van der Waals surface area contributed by atoms with E-state index < -0.39 is 5.78 Å². The number of halogens is 2. The SMILES string of the molecule is O=C(/C=C(\O)c1c(Cc2ccc(F)cc2)[nH]c2ccc(Cl)cc12)c1ncn[nH]1. The monoisotopic (exact) mass is 396 g/mol. The van der Waals surface area contributed by atoms with Crippen molar-refractivity contribution in [2.75, 3.05) is 0 Å². The molecule has 4 rings (SSSR count). The minimum atomic E-state index is -0.515. The molecule has 0 aliphatic heterocycles. The summed E-state index contributed by atoms with van der Waals surface area (Å²) < 4.78 is 13.2. The first-order valence-corrected chi connectivity index (χ1v) is 8.74. The third-order valence-corrected chi connectivity index (χ3v) is 4.54. The van der Waals surface area contributed by atoms with E-state index in [0.29, 0.717) is 28.1 Å². The molecule has 8 heteroatoms. The number of hydrogen-bond donors (Lipinski definition) is 3. The number of carbonyl (C=O) groups is 1. The van der Waals surface area contributed by atoms with E-state index in [9.17, 15) is 14.3 Å². The van der Waals surface area contributed by atoms with E-state index in [0.717, 1.165) is 17.2 Å². The van der Waals surface area contributed by atoms with Crippen LogP contribution in [0.25, 0.3) is 16.7 Å². The Morgan fingerprint density at radius 2 is 2.00 bits per heavy atom. The number of fused-ring (bicyclic) bond motifs is 1. The van der Waals surface area contributed by atoms with Crippen LogP contribution < -0.4 is 0 Å². The summed E-state index contributed by atoms with van der Waals surface area (Å²) in [7, 11) is 0. The van der Waals surface area contributed by atoms with E-state index in [2.05, 4.69) is 20.2 Å². The predicted octanol–water partition coefficient (Wildman–Crippen LogP) is 4.45. The number of aromatic nitrogens is 4. The fourth-order valence-corrected chi connectivity index (χ4v) is 3.21. The second-order valence-electron chi connectivity index (χ2n) is 6.20. The van der Waals surface area contributed by atoms with Crippen LogP contribution in [0.2, 0.25) is 5.02 Å². The molecule has 0 amide bonds. The molecule has 6 nitrogen and oxygen atoms in total. The summed E-state index contributed by atoms with van der Waals surface area (Å²) >= 11 is 6.12. The molecule has 0 spiro atoms. The number of hydrogen-bond acceptors (Lipinski definition) is 4. The van der Waals surface area contributed by atoms with Gasteiger partial charge < -0.3 is 10.1 Å². The maximum Gasteiger partial charge on any atom is 0.226 e. The van der Waals surface area contributed by atoms with Gasteiger partial charge in [-0.25, -0.2) is 9.37 Å². The summed E-state index contributed by atoms with van der Waals surface area (Å²) in [6.07, 6.45) is 2.69. The molecule has 3 N–H and O–H groups in total. The van der Waals surface area contributed by atoms with E-state index >= 15 is 0 Å². The van der Waals surface area contributed by atoms with Crippen molar-refractivity contribution in [1.82, 2.24) is 20.2 Å². The van der Waals surface area contributed by atoms with Crippen molar-refractivity contribution in [2.24, 2.45) is 0 Å². The Hall–Kier alpha value is -3.45. The number of allylic oxidation sites excluding steroid dienone is 1. The zero-order valence-electron chi connectivity index (χ0n) is 14.4. The van der Waals surface area contributed by atoms with E-state index in [4.69, 9.17) is 11.6 Å². The normalized spacial score (nSPS) is 11.9. The lowest BCUT2D eigenvalue weighted by atomic mass is 10.0. The van der Waals surface area contributed by atoms with Crippen molar-refractivity contribution in [2.45, 2.75) is 6.42 Å². The molecule has 0 aliphatic carbocycles. The molecule has 0 radical (unpaired) electrons. The van der Waals surface area contributed by atoms with E-state index in [1.807, 2.05) is 0 Å². The molecule has 0 saturated heterocycles. The number of aromatic amines is 2. The molecule has 0 atom stereocenters. The van der Waals surface area contributed by atoms with E-state index in [1.54, 1.807) is 30.3 Å². The van der Waals surface area contributed by atoms with Crippen LogP contribution in [-0.2, 0) is 6.42 Å². The Morgan fingerprint density at radius 1 is 1.21 bits per heavy atom. The predicted molar refractivity (Wildman–Crippen MR) is 104 cm³/mol. The van der Waals surface area contributed by atoms with E-state index in [1.165, 1.54) is 18.5 Å². The molecule has 2 heterocycles. The number of rotatable bonds is 5. The van der Waals surface area contributed by atoms with Gasteiger partial charge >= 0.3 is 0 Å². The van der Waals surface area contributed by atoms with Gasteiger partial charge in [-0.3, -0.25) is 9.89 Å². The standard InChI is InChI=1S/C20H14ClFN4O2/c21-12-3-6-15-14(8-12)19(17(27)9-18(28)20-23-10-24-26-20)16(25-15)7-11-1-4-13(22)5-2-11/h1-6,8-10,25,27H,7H2,(H,23,24,26)/b17-9-. The molecule has 0 bridgehead atoms.